The van der Waals surface area contributed by atoms with Crippen molar-refractivity contribution >= 4 is 0 Å². The zero-order valence-electron chi connectivity index (χ0n) is 19.6. The van der Waals surface area contributed by atoms with Gasteiger partial charge in [0.1, 0.15) is 0 Å². The Hall–Kier alpha value is -0.160. The molecule has 4 nitrogen and oxygen atoms in total. The van der Waals surface area contributed by atoms with Gasteiger partial charge >= 0.3 is 0 Å². The van der Waals surface area contributed by atoms with E-state index in [0.717, 1.165) is 32.3 Å². The van der Waals surface area contributed by atoms with E-state index in [9.17, 15) is 0 Å². The van der Waals surface area contributed by atoms with Gasteiger partial charge in [0.25, 0.3) is 0 Å². The van der Waals surface area contributed by atoms with Crippen molar-refractivity contribution in [3.05, 3.63) is 0 Å². The lowest BCUT2D eigenvalue weighted by atomic mass is 9.74. The van der Waals surface area contributed by atoms with Crippen molar-refractivity contribution in [3.63, 3.8) is 0 Å². The van der Waals surface area contributed by atoms with Crippen LogP contribution in [0.4, 0.5) is 0 Å². The molecule has 0 saturated heterocycles. The predicted octanol–water partition coefficient (Wildman–Crippen LogP) is 5.30. The number of rotatable bonds is 13. The van der Waals surface area contributed by atoms with Crippen LogP contribution >= 0.6 is 0 Å². The molecule has 0 aliphatic rings. The Kier molecular flexibility index (Phi) is 16.0. The van der Waals surface area contributed by atoms with E-state index >= 15 is 0 Å². The number of ether oxygens (including phenoxy) is 4. The standard InChI is InChI=1S/C13H28O2.C9H20O2/c1-11(2)7-8-13(9-14-5,10-15-6)12(3)4;1-8(2)9(3,6-10-4)7-11-5/h11-12H,7-10H2,1-6H3;8H,6-7H2,1-5H3. The highest BCUT2D eigenvalue weighted by Crippen LogP contribution is 2.35. The van der Waals surface area contributed by atoms with Gasteiger partial charge in [-0.1, -0.05) is 54.9 Å². The van der Waals surface area contributed by atoms with Crippen LogP contribution in [0.2, 0.25) is 0 Å². The SMILES string of the molecule is COCC(C)(COC)C(C)C.COCC(CCC(C)C)(COC)C(C)C. The van der Waals surface area contributed by atoms with Crippen molar-refractivity contribution in [2.45, 2.75) is 61.3 Å². The minimum atomic E-state index is 0.156. The summed E-state index contributed by atoms with van der Waals surface area (Å²) in [5.74, 6) is 1.93. The highest BCUT2D eigenvalue weighted by molar-refractivity contribution is 4.82. The summed E-state index contributed by atoms with van der Waals surface area (Å²) in [5.41, 5.74) is 0.345. The molecule has 26 heavy (non-hydrogen) atoms. The fourth-order valence-electron chi connectivity index (χ4n) is 2.99. The van der Waals surface area contributed by atoms with Crippen molar-refractivity contribution in [3.8, 4) is 0 Å². The Morgan fingerprint density at radius 3 is 1.23 bits per heavy atom. The Balaban J connectivity index is 0. The van der Waals surface area contributed by atoms with Gasteiger partial charge in [-0.15, -0.1) is 0 Å². The van der Waals surface area contributed by atoms with Crippen LogP contribution < -0.4 is 0 Å². The van der Waals surface area contributed by atoms with Crippen LogP contribution in [-0.4, -0.2) is 54.9 Å². The van der Waals surface area contributed by atoms with Crippen LogP contribution in [0.25, 0.3) is 0 Å². The molecule has 0 aromatic heterocycles. The maximum Gasteiger partial charge on any atom is 0.0543 e. The summed E-state index contributed by atoms with van der Waals surface area (Å²) in [4.78, 5) is 0. The number of hydrogen-bond acceptors (Lipinski definition) is 4. The number of hydrogen-bond donors (Lipinski definition) is 0. The highest BCUT2D eigenvalue weighted by Gasteiger charge is 2.33. The highest BCUT2D eigenvalue weighted by atomic mass is 16.5. The van der Waals surface area contributed by atoms with E-state index in [-0.39, 0.29) is 10.8 Å². The quantitative estimate of drug-likeness (QED) is 0.437. The van der Waals surface area contributed by atoms with Gasteiger partial charge in [-0.3, -0.25) is 0 Å². The fourth-order valence-corrected chi connectivity index (χ4v) is 2.99. The third-order valence-corrected chi connectivity index (χ3v) is 5.65. The van der Waals surface area contributed by atoms with Crippen molar-refractivity contribution in [2.75, 3.05) is 54.9 Å². The molecule has 0 aromatic carbocycles. The molecular formula is C22H48O4. The summed E-state index contributed by atoms with van der Waals surface area (Å²) in [7, 11) is 7.02. The van der Waals surface area contributed by atoms with Gasteiger partial charge < -0.3 is 18.9 Å². The zero-order chi connectivity index (χ0) is 20.8. The second-order valence-corrected chi connectivity index (χ2v) is 8.99. The number of methoxy groups -OCH3 is 4. The van der Waals surface area contributed by atoms with E-state index < -0.39 is 0 Å². The summed E-state index contributed by atoms with van der Waals surface area (Å²) in [5, 5.41) is 0. The zero-order valence-corrected chi connectivity index (χ0v) is 19.6. The molecule has 0 spiro atoms. The van der Waals surface area contributed by atoms with Gasteiger partial charge in [0.05, 0.1) is 26.4 Å². The molecule has 0 rings (SSSR count). The Bertz CT molecular complexity index is 301. The minimum Gasteiger partial charge on any atom is -0.384 e. The molecule has 0 amide bonds. The van der Waals surface area contributed by atoms with Crippen LogP contribution in [-0.2, 0) is 18.9 Å². The van der Waals surface area contributed by atoms with E-state index in [1.165, 1.54) is 12.8 Å². The van der Waals surface area contributed by atoms with Crippen LogP contribution in [0, 0.1) is 28.6 Å². The van der Waals surface area contributed by atoms with Crippen LogP contribution in [0.3, 0.4) is 0 Å². The summed E-state index contributed by atoms with van der Waals surface area (Å²) >= 11 is 0. The average Bonchev–Trinajstić information content (AvgIpc) is 2.53. The molecule has 0 unspecified atom stereocenters. The maximum absolute atomic E-state index is 5.37. The lowest BCUT2D eigenvalue weighted by Gasteiger charge is -2.37. The summed E-state index contributed by atoms with van der Waals surface area (Å²) in [6.45, 7) is 18.8. The van der Waals surface area contributed by atoms with Crippen LogP contribution in [0.15, 0.2) is 0 Å². The smallest absolute Gasteiger partial charge is 0.0543 e. The first-order valence-corrected chi connectivity index (χ1v) is 10.0. The first kappa shape index (κ1) is 28.1. The topological polar surface area (TPSA) is 36.9 Å². The minimum absolute atomic E-state index is 0.156. The molecule has 0 radical (unpaired) electrons. The van der Waals surface area contributed by atoms with E-state index in [4.69, 9.17) is 18.9 Å². The molecule has 0 aromatic rings. The first-order valence-electron chi connectivity index (χ1n) is 10.0. The summed E-state index contributed by atoms with van der Waals surface area (Å²) in [6.07, 6.45) is 2.43. The third-order valence-electron chi connectivity index (χ3n) is 5.65. The molecule has 0 bridgehead atoms. The van der Waals surface area contributed by atoms with E-state index in [1.807, 2.05) is 0 Å². The van der Waals surface area contributed by atoms with Gasteiger partial charge in [0, 0.05) is 39.3 Å². The molecule has 160 valence electrons. The van der Waals surface area contributed by atoms with Crippen LogP contribution in [0.5, 0.6) is 0 Å². The Morgan fingerprint density at radius 2 is 1.00 bits per heavy atom. The normalized spacial score (nSPS) is 12.7. The molecule has 0 atom stereocenters. The lowest BCUT2D eigenvalue weighted by Crippen LogP contribution is -2.37. The lowest BCUT2D eigenvalue weighted by molar-refractivity contribution is -0.0290. The van der Waals surface area contributed by atoms with E-state index in [0.29, 0.717) is 11.8 Å². The molecule has 0 heterocycles. The van der Waals surface area contributed by atoms with Crippen LogP contribution in [0.1, 0.15) is 61.3 Å². The van der Waals surface area contributed by atoms with E-state index in [1.54, 1.807) is 28.4 Å². The molecule has 0 saturated carbocycles. The molecule has 0 N–H and O–H groups in total. The summed E-state index contributed by atoms with van der Waals surface area (Å²) in [6, 6.07) is 0. The summed E-state index contributed by atoms with van der Waals surface area (Å²) < 4.78 is 21.0. The van der Waals surface area contributed by atoms with Gasteiger partial charge in [-0.2, -0.15) is 0 Å². The van der Waals surface area contributed by atoms with Crippen molar-refractivity contribution < 1.29 is 18.9 Å². The van der Waals surface area contributed by atoms with Crippen molar-refractivity contribution in [1.82, 2.24) is 0 Å². The fraction of sp³-hybridized carbons (Fsp3) is 1.00. The second-order valence-electron chi connectivity index (χ2n) is 8.99. The van der Waals surface area contributed by atoms with Crippen molar-refractivity contribution in [2.24, 2.45) is 28.6 Å². The molecule has 0 fully saturated rings. The van der Waals surface area contributed by atoms with Gasteiger partial charge in [0.15, 0.2) is 0 Å². The molecule has 0 aliphatic heterocycles. The van der Waals surface area contributed by atoms with Gasteiger partial charge in [-0.25, -0.2) is 0 Å². The predicted molar refractivity (Wildman–Crippen MR) is 112 cm³/mol. The van der Waals surface area contributed by atoms with Crippen molar-refractivity contribution in [1.29, 1.82) is 0 Å². The largest absolute Gasteiger partial charge is 0.384 e. The third kappa shape index (κ3) is 10.9. The Morgan fingerprint density at radius 1 is 0.615 bits per heavy atom. The average molecular weight is 377 g/mol. The van der Waals surface area contributed by atoms with Gasteiger partial charge in [0.2, 0.25) is 0 Å². The van der Waals surface area contributed by atoms with E-state index in [2.05, 4.69) is 48.5 Å². The second kappa shape index (κ2) is 14.8. The molecule has 4 heteroatoms. The monoisotopic (exact) mass is 376 g/mol. The first-order chi connectivity index (χ1) is 12.0. The molecular weight excluding hydrogens is 328 g/mol. The molecule has 0 aliphatic carbocycles. The Labute approximate surface area is 164 Å². The maximum atomic E-state index is 5.37. The van der Waals surface area contributed by atoms with Gasteiger partial charge in [-0.05, 0) is 24.2 Å².